The third-order valence-electron chi connectivity index (χ3n) is 5.13. The quantitative estimate of drug-likeness (QED) is 0.470. The summed E-state index contributed by atoms with van der Waals surface area (Å²) in [6, 6.07) is 18.3. The van der Waals surface area contributed by atoms with Gasteiger partial charge in [-0.15, -0.1) is 0 Å². The number of nitrogens with one attached hydrogen (secondary N) is 3. The van der Waals surface area contributed by atoms with Crippen molar-refractivity contribution in [2.24, 2.45) is 0 Å². The summed E-state index contributed by atoms with van der Waals surface area (Å²) in [6.07, 6.45) is 0. The predicted octanol–water partition coefficient (Wildman–Crippen LogP) is 3.64. The number of H-pyrrole nitrogens is 1. The van der Waals surface area contributed by atoms with Crippen molar-refractivity contribution >= 4 is 34.3 Å². The van der Waals surface area contributed by atoms with Gasteiger partial charge in [0.2, 0.25) is 5.95 Å². The van der Waals surface area contributed by atoms with E-state index in [0.29, 0.717) is 22.9 Å². The van der Waals surface area contributed by atoms with E-state index >= 15 is 0 Å². The molecule has 152 valence electrons. The fourth-order valence-electron chi connectivity index (χ4n) is 3.57. The number of nitrogens with zero attached hydrogens (tertiary/aromatic N) is 4. The van der Waals surface area contributed by atoms with Crippen LogP contribution in [0.5, 0.6) is 0 Å². The van der Waals surface area contributed by atoms with E-state index in [-0.39, 0.29) is 0 Å². The van der Waals surface area contributed by atoms with Crippen LogP contribution in [0, 0.1) is 0 Å². The van der Waals surface area contributed by atoms with E-state index in [0.717, 1.165) is 43.4 Å². The van der Waals surface area contributed by atoms with Gasteiger partial charge in [-0.1, -0.05) is 30.3 Å². The van der Waals surface area contributed by atoms with E-state index in [1.165, 1.54) is 5.69 Å². The van der Waals surface area contributed by atoms with Crippen LogP contribution in [0.4, 0.5) is 23.1 Å². The first-order valence-corrected chi connectivity index (χ1v) is 10.0. The van der Waals surface area contributed by atoms with Crippen molar-refractivity contribution in [1.29, 1.82) is 0 Å². The van der Waals surface area contributed by atoms with E-state index in [1.54, 1.807) is 0 Å². The molecule has 2 aromatic heterocycles. The first-order valence-electron chi connectivity index (χ1n) is 10.0. The Morgan fingerprint density at radius 2 is 1.70 bits per heavy atom. The van der Waals surface area contributed by atoms with Crippen LogP contribution in [0.25, 0.3) is 22.6 Å². The standard InChI is InChI=1S/C22H23N7O/c1-23-20-18-21(26-19(25-18)15-5-3-2-4-6-15)28-22(27-20)24-16-7-9-17(10-8-16)29-11-13-30-14-12-29/h2-10H,11-14H2,1H3,(H3,23,24,25,26,27,28). The Morgan fingerprint density at radius 1 is 0.933 bits per heavy atom. The molecule has 3 heterocycles. The lowest BCUT2D eigenvalue weighted by Crippen LogP contribution is -2.36. The SMILES string of the molecule is CNc1nc(Nc2ccc(N3CCOCC3)cc2)nc2[nH]c(-c3ccccc3)nc12. The summed E-state index contributed by atoms with van der Waals surface area (Å²) in [5.74, 6) is 1.95. The summed E-state index contributed by atoms with van der Waals surface area (Å²) in [5.41, 5.74) is 4.52. The Hall–Kier alpha value is -3.65. The van der Waals surface area contributed by atoms with Crippen molar-refractivity contribution in [2.75, 3.05) is 48.9 Å². The van der Waals surface area contributed by atoms with Gasteiger partial charge >= 0.3 is 0 Å². The van der Waals surface area contributed by atoms with Crippen molar-refractivity contribution in [3.63, 3.8) is 0 Å². The van der Waals surface area contributed by atoms with Gasteiger partial charge in [0.05, 0.1) is 13.2 Å². The third kappa shape index (κ3) is 3.65. The molecule has 0 spiro atoms. The van der Waals surface area contributed by atoms with Crippen LogP contribution in [0.1, 0.15) is 0 Å². The highest BCUT2D eigenvalue weighted by Gasteiger charge is 2.14. The number of benzene rings is 2. The van der Waals surface area contributed by atoms with Crippen molar-refractivity contribution in [2.45, 2.75) is 0 Å². The minimum Gasteiger partial charge on any atom is -0.378 e. The van der Waals surface area contributed by atoms with E-state index in [9.17, 15) is 0 Å². The summed E-state index contributed by atoms with van der Waals surface area (Å²) in [7, 11) is 1.83. The van der Waals surface area contributed by atoms with Gasteiger partial charge in [-0.2, -0.15) is 9.97 Å². The lowest BCUT2D eigenvalue weighted by molar-refractivity contribution is 0.122. The zero-order chi connectivity index (χ0) is 20.3. The van der Waals surface area contributed by atoms with Gasteiger partial charge < -0.3 is 25.3 Å². The molecule has 30 heavy (non-hydrogen) atoms. The number of morpholine rings is 1. The molecule has 0 saturated carbocycles. The Labute approximate surface area is 174 Å². The van der Waals surface area contributed by atoms with Gasteiger partial charge in [-0.25, -0.2) is 4.98 Å². The zero-order valence-corrected chi connectivity index (χ0v) is 16.7. The monoisotopic (exact) mass is 401 g/mol. The second-order valence-corrected chi connectivity index (χ2v) is 7.07. The topological polar surface area (TPSA) is 91.0 Å². The Morgan fingerprint density at radius 3 is 2.43 bits per heavy atom. The minimum atomic E-state index is 0.509. The molecule has 1 aliphatic heterocycles. The molecule has 8 nitrogen and oxygen atoms in total. The van der Waals surface area contributed by atoms with Crippen LogP contribution in [0.2, 0.25) is 0 Å². The normalized spacial score (nSPS) is 14.1. The second kappa shape index (κ2) is 8.00. The van der Waals surface area contributed by atoms with E-state index < -0.39 is 0 Å². The molecule has 3 N–H and O–H groups in total. The number of imidazole rings is 1. The molecule has 0 radical (unpaired) electrons. The maximum absolute atomic E-state index is 5.43. The number of hydrogen-bond donors (Lipinski definition) is 3. The van der Waals surface area contributed by atoms with Gasteiger partial charge in [0.15, 0.2) is 17.0 Å². The minimum absolute atomic E-state index is 0.509. The van der Waals surface area contributed by atoms with Crippen molar-refractivity contribution in [3.05, 3.63) is 54.6 Å². The van der Waals surface area contributed by atoms with Crippen molar-refractivity contribution in [1.82, 2.24) is 19.9 Å². The van der Waals surface area contributed by atoms with Gasteiger partial charge in [0.25, 0.3) is 0 Å². The number of aromatic amines is 1. The molecule has 2 aromatic carbocycles. The lowest BCUT2D eigenvalue weighted by Gasteiger charge is -2.28. The Bertz CT molecular complexity index is 1140. The maximum Gasteiger partial charge on any atom is 0.231 e. The number of fused-ring (bicyclic) bond motifs is 1. The van der Waals surface area contributed by atoms with Crippen LogP contribution < -0.4 is 15.5 Å². The predicted molar refractivity (Wildman–Crippen MR) is 119 cm³/mol. The van der Waals surface area contributed by atoms with Gasteiger partial charge in [-0.05, 0) is 24.3 Å². The second-order valence-electron chi connectivity index (χ2n) is 7.07. The van der Waals surface area contributed by atoms with Crippen LogP contribution in [-0.2, 0) is 4.74 Å². The summed E-state index contributed by atoms with van der Waals surface area (Å²) in [4.78, 5) is 19.5. The van der Waals surface area contributed by atoms with Crippen LogP contribution in [0.3, 0.4) is 0 Å². The molecule has 1 fully saturated rings. The molecule has 8 heteroatoms. The molecule has 0 bridgehead atoms. The van der Waals surface area contributed by atoms with Crippen LogP contribution in [-0.4, -0.2) is 53.3 Å². The fraction of sp³-hybridized carbons (Fsp3) is 0.227. The van der Waals surface area contributed by atoms with E-state index in [4.69, 9.17) is 4.74 Å². The number of rotatable bonds is 5. The average molecular weight is 401 g/mol. The fourth-order valence-corrected chi connectivity index (χ4v) is 3.57. The van der Waals surface area contributed by atoms with E-state index in [1.807, 2.05) is 49.5 Å². The third-order valence-corrected chi connectivity index (χ3v) is 5.13. The molecule has 0 aliphatic carbocycles. The molecular formula is C22H23N7O. The highest BCUT2D eigenvalue weighted by atomic mass is 16.5. The maximum atomic E-state index is 5.43. The zero-order valence-electron chi connectivity index (χ0n) is 16.7. The molecule has 0 unspecified atom stereocenters. The highest BCUT2D eigenvalue weighted by molar-refractivity contribution is 5.87. The molecule has 4 aromatic rings. The lowest BCUT2D eigenvalue weighted by atomic mass is 10.2. The number of ether oxygens (including phenoxy) is 1. The highest BCUT2D eigenvalue weighted by Crippen LogP contribution is 2.26. The first-order chi connectivity index (χ1) is 14.8. The summed E-state index contributed by atoms with van der Waals surface area (Å²) in [5, 5.41) is 6.42. The van der Waals surface area contributed by atoms with E-state index in [2.05, 4.69) is 47.6 Å². The Kier molecular flexibility index (Phi) is 4.90. The average Bonchev–Trinajstić information content (AvgIpc) is 3.24. The van der Waals surface area contributed by atoms with Gasteiger partial charge in [0.1, 0.15) is 5.82 Å². The number of aromatic nitrogens is 4. The largest absolute Gasteiger partial charge is 0.378 e. The van der Waals surface area contributed by atoms with Gasteiger partial charge in [-0.3, -0.25) is 0 Å². The summed E-state index contributed by atoms with van der Waals surface area (Å²) in [6.45, 7) is 3.38. The molecule has 1 aliphatic rings. The summed E-state index contributed by atoms with van der Waals surface area (Å²) < 4.78 is 5.43. The Balaban J connectivity index is 1.41. The molecular weight excluding hydrogens is 378 g/mol. The van der Waals surface area contributed by atoms with Crippen LogP contribution >= 0.6 is 0 Å². The molecule has 1 saturated heterocycles. The molecule has 5 rings (SSSR count). The van der Waals surface area contributed by atoms with Crippen LogP contribution in [0.15, 0.2) is 54.6 Å². The molecule has 0 amide bonds. The summed E-state index contributed by atoms with van der Waals surface area (Å²) >= 11 is 0. The number of anilines is 4. The molecule has 0 atom stereocenters. The number of hydrogen-bond acceptors (Lipinski definition) is 7. The van der Waals surface area contributed by atoms with Crippen molar-refractivity contribution < 1.29 is 4.74 Å². The van der Waals surface area contributed by atoms with Gasteiger partial charge in [0, 0.05) is 37.1 Å². The smallest absolute Gasteiger partial charge is 0.231 e. The van der Waals surface area contributed by atoms with Crippen molar-refractivity contribution in [3.8, 4) is 11.4 Å². The first kappa shape index (κ1) is 18.4.